The normalized spacial score (nSPS) is 24.0. The molecule has 158 valence electrons. The standard InChI is InChI=1S/C22H20BrN5O3/c1-3-31-21(29)28-7-6-14-16(9-24)20(27)22(11-25,12-26)19(17(14)10-28)15-8-13(23)4-5-18(15)30-2/h4-6,8,16-17,19,27H,3,7,10H2,1-2H3/t16?,17-,19+/m0/s1. The number of carbonyl (C=O) groups excluding carboxylic acids is 1. The topological polar surface area (TPSA) is 134 Å². The fourth-order valence-electron chi connectivity index (χ4n) is 4.46. The summed E-state index contributed by atoms with van der Waals surface area (Å²) in [4.78, 5) is 13.9. The first-order valence-electron chi connectivity index (χ1n) is 9.64. The molecule has 0 spiro atoms. The van der Waals surface area contributed by atoms with Crippen LogP contribution in [0.4, 0.5) is 4.79 Å². The number of hydrogen-bond acceptors (Lipinski definition) is 7. The predicted octanol–water partition coefficient (Wildman–Crippen LogP) is 3.76. The van der Waals surface area contributed by atoms with Gasteiger partial charge < -0.3 is 19.8 Å². The summed E-state index contributed by atoms with van der Waals surface area (Å²) in [6, 6.07) is 11.4. The summed E-state index contributed by atoms with van der Waals surface area (Å²) in [7, 11) is 1.49. The van der Waals surface area contributed by atoms with Gasteiger partial charge in [-0.2, -0.15) is 15.8 Å². The van der Waals surface area contributed by atoms with E-state index in [0.717, 1.165) is 0 Å². The van der Waals surface area contributed by atoms with Crippen LogP contribution in [0.1, 0.15) is 18.4 Å². The summed E-state index contributed by atoms with van der Waals surface area (Å²) >= 11 is 3.43. The first kappa shape index (κ1) is 22.3. The number of methoxy groups -OCH3 is 1. The number of nitrogens with one attached hydrogen (secondary N) is 1. The third-order valence-corrected chi connectivity index (χ3v) is 6.34. The minimum Gasteiger partial charge on any atom is -0.496 e. The molecular weight excluding hydrogens is 462 g/mol. The Morgan fingerprint density at radius 1 is 1.35 bits per heavy atom. The zero-order valence-electron chi connectivity index (χ0n) is 17.1. The van der Waals surface area contributed by atoms with Gasteiger partial charge in [-0.05, 0) is 30.7 Å². The molecule has 9 heteroatoms. The van der Waals surface area contributed by atoms with Gasteiger partial charge in [0.1, 0.15) is 11.7 Å². The molecule has 1 aliphatic heterocycles. The molecule has 0 aromatic heterocycles. The molecular formula is C22H20BrN5O3. The Hall–Kier alpha value is -3.35. The Labute approximate surface area is 188 Å². The van der Waals surface area contributed by atoms with Crippen LogP contribution in [0.5, 0.6) is 5.75 Å². The molecule has 3 atom stereocenters. The van der Waals surface area contributed by atoms with E-state index in [0.29, 0.717) is 21.4 Å². The van der Waals surface area contributed by atoms with Crippen LogP contribution < -0.4 is 4.74 Å². The predicted molar refractivity (Wildman–Crippen MR) is 114 cm³/mol. The smallest absolute Gasteiger partial charge is 0.410 e. The fraction of sp³-hybridized carbons (Fsp3) is 0.409. The highest BCUT2D eigenvalue weighted by molar-refractivity contribution is 9.10. The van der Waals surface area contributed by atoms with Crippen LogP contribution in [0.3, 0.4) is 0 Å². The fourth-order valence-corrected chi connectivity index (χ4v) is 4.84. The highest BCUT2D eigenvalue weighted by Crippen LogP contribution is 2.55. The second-order valence-electron chi connectivity index (χ2n) is 7.29. The summed E-state index contributed by atoms with van der Waals surface area (Å²) in [5.74, 6) is -1.92. The van der Waals surface area contributed by atoms with Gasteiger partial charge in [-0.3, -0.25) is 0 Å². The van der Waals surface area contributed by atoms with Crippen LogP contribution in [0.15, 0.2) is 34.3 Å². The molecule has 2 aliphatic rings. The number of nitriles is 3. The quantitative estimate of drug-likeness (QED) is 0.652. The molecule has 1 fully saturated rings. The third-order valence-electron chi connectivity index (χ3n) is 5.84. The molecule has 1 aromatic carbocycles. The first-order chi connectivity index (χ1) is 14.9. The maximum atomic E-state index is 12.4. The van der Waals surface area contributed by atoms with Crippen LogP contribution >= 0.6 is 15.9 Å². The van der Waals surface area contributed by atoms with Crippen LogP contribution in [0.25, 0.3) is 0 Å². The molecule has 0 bridgehead atoms. The van der Waals surface area contributed by atoms with E-state index in [4.69, 9.17) is 14.9 Å². The van der Waals surface area contributed by atoms with Gasteiger partial charge in [0.2, 0.25) is 0 Å². The Morgan fingerprint density at radius 3 is 2.65 bits per heavy atom. The summed E-state index contributed by atoms with van der Waals surface area (Å²) < 4.78 is 11.4. The van der Waals surface area contributed by atoms with Gasteiger partial charge >= 0.3 is 6.09 Å². The van der Waals surface area contributed by atoms with Gasteiger partial charge in [-0.25, -0.2) is 4.79 Å². The van der Waals surface area contributed by atoms with E-state index in [9.17, 15) is 20.6 Å². The minimum absolute atomic E-state index is 0.154. The molecule has 1 aliphatic carbocycles. The lowest BCUT2D eigenvalue weighted by atomic mass is 9.54. The largest absolute Gasteiger partial charge is 0.496 e. The first-order valence-corrected chi connectivity index (χ1v) is 10.4. The molecule has 1 saturated carbocycles. The van der Waals surface area contributed by atoms with Crippen molar-refractivity contribution in [1.82, 2.24) is 4.90 Å². The monoisotopic (exact) mass is 481 g/mol. The number of benzene rings is 1. The molecule has 1 unspecified atom stereocenters. The van der Waals surface area contributed by atoms with Crippen LogP contribution in [-0.4, -0.2) is 43.5 Å². The summed E-state index contributed by atoms with van der Waals surface area (Å²) in [6.45, 7) is 2.31. The number of ether oxygens (including phenoxy) is 2. The summed E-state index contributed by atoms with van der Waals surface area (Å²) in [5.41, 5.74) is -0.947. The second-order valence-corrected chi connectivity index (χ2v) is 8.20. The number of amides is 1. The van der Waals surface area contributed by atoms with E-state index in [2.05, 4.69) is 22.0 Å². The Kier molecular flexibility index (Phi) is 6.34. The van der Waals surface area contributed by atoms with Crippen LogP contribution in [-0.2, 0) is 4.74 Å². The SMILES string of the molecule is CCOC(=O)N1CC=C2C(C#N)C(=N)C(C#N)(C#N)[C@H](c3cc(Br)ccc3OC)[C@H]2C1. The lowest BCUT2D eigenvalue weighted by molar-refractivity contribution is 0.0991. The van der Waals surface area contributed by atoms with Gasteiger partial charge in [0, 0.05) is 35.0 Å². The van der Waals surface area contributed by atoms with E-state index >= 15 is 0 Å². The number of rotatable bonds is 3. The van der Waals surface area contributed by atoms with Crippen LogP contribution in [0.2, 0.25) is 0 Å². The lowest BCUT2D eigenvalue weighted by Gasteiger charge is -2.47. The van der Waals surface area contributed by atoms with Gasteiger partial charge in [0.15, 0.2) is 5.41 Å². The molecule has 8 nitrogen and oxygen atoms in total. The van der Waals surface area contributed by atoms with E-state index in [1.807, 2.05) is 12.1 Å². The molecule has 1 amide bonds. The third kappa shape index (κ3) is 3.54. The minimum atomic E-state index is -1.89. The van der Waals surface area contributed by atoms with E-state index in [1.165, 1.54) is 12.0 Å². The second kappa shape index (κ2) is 8.79. The summed E-state index contributed by atoms with van der Waals surface area (Å²) in [6.07, 6.45) is 1.23. The number of halogens is 1. The van der Waals surface area contributed by atoms with Gasteiger partial charge in [-0.1, -0.05) is 22.0 Å². The maximum absolute atomic E-state index is 12.4. The van der Waals surface area contributed by atoms with Crippen molar-refractivity contribution in [2.45, 2.75) is 12.8 Å². The number of carbonyl (C=O) groups is 1. The molecule has 1 aromatic rings. The van der Waals surface area contributed by atoms with Crippen LogP contribution in [0, 0.1) is 56.7 Å². The van der Waals surface area contributed by atoms with Crippen molar-refractivity contribution in [3.63, 3.8) is 0 Å². The van der Waals surface area contributed by atoms with E-state index in [-0.39, 0.29) is 25.4 Å². The zero-order chi connectivity index (χ0) is 22.8. The number of hydrogen-bond donors (Lipinski definition) is 1. The van der Waals surface area contributed by atoms with Gasteiger partial charge in [0.05, 0.1) is 37.6 Å². The average Bonchev–Trinajstić information content (AvgIpc) is 2.78. The van der Waals surface area contributed by atoms with Crippen molar-refractivity contribution in [2.75, 3.05) is 26.8 Å². The van der Waals surface area contributed by atoms with Crippen molar-refractivity contribution in [1.29, 1.82) is 21.2 Å². The van der Waals surface area contributed by atoms with Crippen molar-refractivity contribution in [3.05, 3.63) is 39.9 Å². The van der Waals surface area contributed by atoms with E-state index < -0.39 is 29.3 Å². The molecule has 0 radical (unpaired) electrons. The maximum Gasteiger partial charge on any atom is 0.410 e. The molecule has 31 heavy (non-hydrogen) atoms. The average molecular weight is 482 g/mol. The Morgan fingerprint density at radius 2 is 2.06 bits per heavy atom. The highest BCUT2D eigenvalue weighted by atomic mass is 79.9. The number of fused-ring (bicyclic) bond motifs is 1. The Bertz CT molecular complexity index is 1060. The lowest BCUT2D eigenvalue weighted by Crippen LogP contribution is -2.53. The zero-order valence-corrected chi connectivity index (χ0v) is 18.6. The van der Waals surface area contributed by atoms with Crippen molar-refractivity contribution in [2.24, 2.45) is 17.3 Å². The molecule has 1 N–H and O–H groups in total. The van der Waals surface area contributed by atoms with Gasteiger partial charge in [-0.15, -0.1) is 0 Å². The number of nitrogens with zero attached hydrogens (tertiary/aromatic N) is 4. The summed E-state index contributed by atoms with van der Waals surface area (Å²) in [5, 5.41) is 38.7. The van der Waals surface area contributed by atoms with Crippen molar-refractivity contribution < 1.29 is 14.3 Å². The molecule has 0 saturated heterocycles. The van der Waals surface area contributed by atoms with E-state index in [1.54, 1.807) is 31.2 Å². The highest BCUT2D eigenvalue weighted by Gasteiger charge is 2.58. The van der Waals surface area contributed by atoms with Crippen molar-refractivity contribution in [3.8, 4) is 24.0 Å². The molecule has 1 heterocycles. The molecule has 3 rings (SSSR count). The van der Waals surface area contributed by atoms with Crippen molar-refractivity contribution >= 4 is 27.7 Å². The Balaban J connectivity index is 2.27. The van der Waals surface area contributed by atoms with Gasteiger partial charge in [0.25, 0.3) is 0 Å².